The Kier molecular flexibility index (Phi) is 3.80. The highest BCUT2D eigenvalue weighted by Crippen LogP contribution is 2.19. The number of rotatable bonds is 2. The minimum Gasteiger partial charge on any atom is -0.478 e. The Morgan fingerprint density at radius 2 is 1.89 bits per heavy atom. The summed E-state index contributed by atoms with van der Waals surface area (Å²) in [5.41, 5.74) is 5.60. The van der Waals surface area contributed by atoms with Crippen molar-refractivity contribution in [2.45, 2.75) is 26.3 Å². The van der Waals surface area contributed by atoms with Crippen LogP contribution in [0.15, 0.2) is 18.2 Å². The number of hydrogen-bond donors (Lipinski definition) is 4. The average Bonchev–Trinajstić information content (AvgIpc) is 2.17. The molecule has 18 heavy (non-hydrogen) atoms. The monoisotopic (exact) mass is 251 g/mol. The third-order valence-electron chi connectivity index (χ3n) is 2.01. The van der Waals surface area contributed by atoms with Gasteiger partial charge in [0.05, 0.1) is 11.3 Å². The summed E-state index contributed by atoms with van der Waals surface area (Å²) in [6.07, 6.45) is 0. The van der Waals surface area contributed by atoms with Crippen LogP contribution in [0.3, 0.4) is 0 Å². The van der Waals surface area contributed by atoms with Crippen molar-refractivity contribution < 1.29 is 14.7 Å². The summed E-state index contributed by atoms with van der Waals surface area (Å²) < 4.78 is 0. The van der Waals surface area contributed by atoms with Crippen molar-refractivity contribution in [2.75, 3.05) is 11.1 Å². The van der Waals surface area contributed by atoms with Gasteiger partial charge in [0, 0.05) is 11.2 Å². The Balaban J connectivity index is 2.91. The van der Waals surface area contributed by atoms with Crippen LogP contribution in [0.1, 0.15) is 31.1 Å². The van der Waals surface area contributed by atoms with E-state index >= 15 is 0 Å². The molecule has 0 aromatic heterocycles. The van der Waals surface area contributed by atoms with Crippen LogP contribution in [0.25, 0.3) is 0 Å². The third-order valence-corrected chi connectivity index (χ3v) is 2.01. The number of nitrogens with two attached hydrogens (primary N) is 1. The minimum atomic E-state index is -1.15. The van der Waals surface area contributed by atoms with E-state index in [0.717, 1.165) is 0 Å². The summed E-state index contributed by atoms with van der Waals surface area (Å²) in [6, 6.07) is 3.82. The van der Waals surface area contributed by atoms with Crippen molar-refractivity contribution in [1.82, 2.24) is 5.32 Å². The Hall–Kier alpha value is -2.24. The SMILES string of the molecule is CC(C)(C)NC(=O)Nc1ccc(N)cc1C(=O)O. The number of nitrogens with one attached hydrogen (secondary N) is 2. The highest BCUT2D eigenvalue weighted by molar-refractivity contribution is 6.00. The summed E-state index contributed by atoms with van der Waals surface area (Å²) in [6.45, 7) is 5.48. The largest absolute Gasteiger partial charge is 0.478 e. The first-order valence-corrected chi connectivity index (χ1v) is 5.41. The number of carbonyl (C=O) groups is 2. The van der Waals surface area contributed by atoms with Crippen LogP contribution in [0.2, 0.25) is 0 Å². The second-order valence-electron chi connectivity index (χ2n) is 4.94. The maximum Gasteiger partial charge on any atom is 0.337 e. The topological polar surface area (TPSA) is 104 Å². The van der Waals surface area contributed by atoms with E-state index in [1.165, 1.54) is 18.2 Å². The van der Waals surface area contributed by atoms with E-state index in [0.29, 0.717) is 5.69 Å². The maximum absolute atomic E-state index is 11.6. The molecule has 6 heteroatoms. The van der Waals surface area contributed by atoms with Gasteiger partial charge in [0.15, 0.2) is 0 Å². The molecule has 0 fully saturated rings. The molecular formula is C12H17N3O3. The number of nitrogen functional groups attached to an aromatic ring is 1. The molecular weight excluding hydrogens is 234 g/mol. The van der Waals surface area contributed by atoms with Gasteiger partial charge in [-0.05, 0) is 39.0 Å². The highest BCUT2D eigenvalue weighted by Gasteiger charge is 2.16. The second kappa shape index (κ2) is 4.95. The van der Waals surface area contributed by atoms with Gasteiger partial charge in [-0.1, -0.05) is 0 Å². The van der Waals surface area contributed by atoms with Crippen molar-refractivity contribution in [3.63, 3.8) is 0 Å². The van der Waals surface area contributed by atoms with E-state index in [9.17, 15) is 9.59 Å². The van der Waals surface area contributed by atoms with Crippen LogP contribution in [-0.2, 0) is 0 Å². The number of carboxylic acid groups (broad SMARTS) is 1. The Morgan fingerprint density at radius 3 is 2.39 bits per heavy atom. The Morgan fingerprint density at radius 1 is 1.28 bits per heavy atom. The Labute approximate surface area is 105 Å². The fourth-order valence-electron chi connectivity index (χ4n) is 1.34. The van der Waals surface area contributed by atoms with Crippen molar-refractivity contribution in [1.29, 1.82) is 0 Å². The van der Waals surface area contributed by atoms with Crippen LogP contribution in [0, 0.1) is 0 Å². The van der Waals surface area contributed by atoms with Crippen LogP contribution in [-0.4, -0.2) is 22.6 Å². The van der Waals surface area contributed by atoms with Crippen LogP contribution in [0.5, 0.6) is 0 Å². The van der Waals surface area contributed by atoms with E-state index in [-0.39, 0.29) is 11.3 Å². The number of hydrogen-bond acceptors (Lipinski definition) is 3. The molecule has 1 aromatic carbocycles. The number of anilines is 2. The van der Waals surface area contributed by atoms with Crippen molar-refractivity contribution in [3.8, 4) is 0 Å². The first-order valence-electron chi connectivity index (χ1n) is 5.41. The Bertz CT molecular complexity index is 478. The predicted molar refractivity (Wildman–Crippen MR) is 69.7 cm³/mol. The van der Waals surface area contributed by atoms with Crippen LogP contribution < -0.4 is 16.4 Å². The summed E-state index contributed by atoms with van der Waals surface area (Å²) >= 11 is 0. The van der Waals surface area contributed by atoms with E-state index in [1.807, 2.05) is 20.8 Å². The lowest BCUT2D eigenvalue weighted by Gasteiger charge is -2.21. The molecule has 0 aliphatic carbocycles. The molecule has 98 valence electrons. The van der Waals surface area contributed by atoms with Gasteiger partial charge in [-0.15, -0.1) is 0 Å². The van der Waals surface area contributed by atoms with Crippen molar-refractivity contribution >= 4 is 23.4 Å². The van der Waals surface area contributed by atoms with Crippen LogP contribution >= 0.6 is 0 Å². The zero-order valence-electron chi connectivity index (χ0n) is 10.6. The molecule has 0 heterocycles. The number of benzene rings is 1. The average molecular weight is 251 g/mol. The van der Waals surface area contributed by atoms with Gasteiger partial charge >= 0.3 is 12.0 Å². The molecule has 0 atom stereocenters. The van der Waals surface area contributed by atoms with Gasteiger partial charge in [-0.25, -0.2) is 9.59 Å². The lowest BCUT2D eigenvalue weighted by Crippen LogP contribution is -2.43. The van der Waals surface area contributed by atoms with Gasteiger partial charge in [0.25, 0.3) is 0 Å². The first-order chi connectivity index (χ1) is 8.19. The molecule has 1 aromatic rings. The molecule has 0 saturated heterocycles. The van der Waals surface area contributed by atoms with E-state index in [1.54, 1.807) is 0 Å². The fraction of sp³-hybridized carbons (Fsp3) is 0.333. The highest BCUT2D eigenvalue weighted by atomic mass is 16.4. The standard InChI is InChI=1S/C12H17N3O3/c1-12(2,3)15-11(18)14-9-5-4-7(13)6-8(9)10(16)17/h4-6H,13H2,1-3H3,(H,16,17)(H2,14,15,18). The lowest BCUT2D eigenvalue weighted by atomic mass is 10.1. The number of aromatic carboxylic acids is 1. The van der Waals surface area contributed by atoms with Gasteiger partial charge in [0.1, 0.15) is 0 Å². The van der Waals surface area contributed by atoms with E-state index in [2.05, 4.69) is 10.6 Å². The summed E-state index contributed by atoms with van der Waals surface area (Å²) in [7, 11) is 0. The van der Waals surface area contributed by atoms with Gasteiger partial charge in [-0.2, -0.15) is 0 Å². The molecule has 2 amide bonds. The number of carboxylic acids is 1. The first kappa shape index (κ1) is 13.8. The number of amides is 2. The van der Waals surface area contributed by atoms with Crippen molar-refractivity contribution in [2.24, 2.45) is 0 Å². The third kappa shape index (κ3) is 3.97. The molecule has 0 unspecified atom stereocenters. The predicted octanol–water partition coefficient (Wildman–Crippen LogP) is 1.89. The smallest absolute Gasteiger partial charge is 0.337 e. The molecule has 0 radical (unpaired) electrons. The minimum absolute atomic E-state index is 0.0425. The summed E-state index contributed by atoms with van der Waals surface area (Å²) in [5, 5.41) is 14.2. The molecule has 0 saturated carbocycles. The van der Waals surface area contributed by atoms with Crippen molar-refractivity contribution in [3.05, 3.63) is 23.8 Å². The summed E-state index contributed by atoms with van der Waals surface area (Å²) in [5.74, 6) is -1.15. The molecule has 1 rings (SSSR count). The lowest BCUT2D eigenvalue weighted by molar-refractivity contribution is 0.0698. The van der Waals surface area contributed by atoms with Crippen LogP contribution in [0.4, 0.5) is 16.2 Å². The molecule has 0 aliphatic rings. The maximum atomic E-state index is 11.6. The molecule has 6 nitrogen and oxygen atoms in total. The second-order valence-corrected chi connectivity index (χ2v) is 4.94. The molecule has 0 spiro atoms. The normalized spacial score (nSPS) is 10.8. The van der Waals surface area contributed by atoms with E-state index < -0.39 is 17.5 Å². The zero-order valence-corrected chi connectivity index (χ0v) is 10.6. The van der Waals surface area contributed by atoms with Gasteiger partial charge < -0.3 is 21.5 Å². The van der Waals surface area contributed by atoms with Gasteiger partial charge in [0.2, 0.25) is 0 Å². The molecule has 0 aliphatic heterocycles. The quantitative estimate of drug-likeness (QED) is 0.602. The van der Waals surface area contributed by atoms with E-state index in [4.69, 9.17) is 10.8 Å². The summed E-state index contributed by atoms with van der Waals surface area (Å²) in [4.78, 5) is 22.7. The number of carbonyl (C=O) groups excluding carboxylic acids is 1. The fourth-order valence-corrected chi connectivity index (χ4v) is 1.34. The van der Waals surface area contributed by atoms with Gasteiger partial charge in [-0.3, -0.25) is 0 Å². The zero-order chi connectivity index (χ0) is 13.9. The molecule has 0 bridgehead atoms. The number of urea groups is 1. The molecule has 5 N–H and O–H groups in total.